The molecule has 1 aromatic heterocycles. The quantitative estimate of drug-likeness (QED) is 0.866. The van der Waals surface area contributed by atoms with Crippen LogP contribution in [0.4, 0.5) is 0 Å². The van der Waals surface area contributed by atoms with Gasteiger partial charge in [0, 0.05) is 25.8 Å². The van der Waals surface area contributed by atoms with Gasteiger partial charge in [-0.3, -0.25) is 9.88 Å². The van der Waals surface area contributed by atoms with Gasteiger partial charge in [-0.05, 0) is 17.7 Å². The SMILES string of the molecule is Clc1ccc([C@H]2CN(Cc3ccccc3)CCO2)nc1. The number of hydrogen-bond acceptors (Lipinski definition) is 3. The summed E-state index contributed by atoms with van der Waals surface area (Å²) < 4.78 is 5.82. The molecule has 3 nitrogen and oxygen atoms in total. The monoisotopic (exact) mass is 288 g/mol. The molecule has 0 aliphatic carbocycles. The average molecular weight is 289 g/mol. The van der Waals surface area contributed by atoms with E-state index < -0.39 is 0 Å². The predicted molar refractivity (Wildman–Crippen MR) is 79.7 cm³/mol. The maximum Gasteiger partial charge on any atom is 0.112 e. The van der Waals surface area contributed by atoms with E-state index >= 15 is 0 Å². The van der Waals surface area contributed by atoms with E-state index in [0.717, 1.165) is 31.9 Å². The molecule has 1 saturated heterocycles. The van der Waals surface area contributed by atoms with E-state index in [4.69, 9.17) is 16.3 Å². The van der Waals surface area contributed by atoms with Crippen molar-refractivity contribution < 1.29 is 4.74 Å². The second kappa shape index (κ2) is 6.35. The molecule has 0 radical (unpaired) electrons. The van der Waals surface area contributed by atoms with E-state index in [2.05, 4.69) is 34.1 Å². The number of pyridine rings is 1. The van der Waals surface area contributed by atoms with E-state index in [-0.39, 0.29) is 6.10 Å². The van der Waals surface area contributed by atoms with Gasteiger partial charge in [0.2, 0.25) is 0 Å². The zero-order valence-corrected chi connectivity index (χ0v) is 12.0. The van der Waals surface area contributed by atoms with E-state index in [1.165, 1.54) is 5.56 Å². The highest BCUT2D eigenvalue weighted by Crippen LogP contribution is 2.22. The first-order valence-corrected chi connectivity index (χ1v) is 7.18. The van der Waals surface area contributed by atoms with Crippen molar-refractivity contribution >= 4 is 11.6 Å². The molecule has 3 rings (SSSR count). The van der Waals surface area contributed by atoms with Crippen LogP contribution in [0.25, 0.3) is 0 Å². The topological polar surface area (TPSA) is 25.4 Å². The summed E-state index contributed by atoms with van der Waals surface area (Å²) >= 11 is 5.87. The zero-order chi connectivity index (χ0) is 13.8. The number of ether oxygens (including phenoxy) is 1. The Morgan fingerprint density at radius 3 is 2.80 bits per heavy atom. The first-order valence-electron chi connectivity index (χ1n) is 6.80. The van der Waals surface area contributed by atoms with Crippen LogP contribution in [0.1, 0.15) is 17.4 Å². The average Bonchev–Trinajstić information content (AvgIpc) is 2.49. The molecule has 0 spiro atoms. The van der Waals surface area contributed by atoms with Crippen LogP contribution in [0.2, 0.25) is 5.02 Å². The number of halogens is 1. The standard InChI is InChI=1S/C16H17ClN2O/c17-14-6-7-15(18-10-14)16-12-19(8-9-20-16)11-13-4-2-1-3-5-13/h1-7,10,16H,8-9,11-12H2/t16-/m1/s1. The largest absolute Gasteiger partial charge is 0.369 e. The maximum atomic E-state index is 5.87. The number of hydrogen-bond donors (Lipinski definition) is 0. The van der Waals surface area contributed by atoms with Gasteiger partial charge >= 0.3 is 0 Å². The van der Waals surface area contributed by atoms with Crippen molar-refractivity contribution in [2.24, 2.45) is 0 Å². The number of aromatic nitrogens is 1. The van der Waals surface area contributed by atoms with Crippen LogP contribution in [-0.2, 0) is 11.3 Å². The van der Waals surface area contributed by atoms with Gasteiger partial charge in [0.1, 0.15) is 6.10 Å². The van der Waals surface area contributed by atoms with Crippen LogP contribution in [0.15, 0.2) is 48.7 Å². The van der Waals surface area contributed by atoms with Gasteiger partial charge in [0.15, 0.2) is 0 Å². The van der Waals surface area contributed by atoms with Gasteiger partial charge < -0.3 is 4.74 Å². The summed E-state index contributed by atoms with van der Waals surface area (Å²) in [5.41, 5.74) is 2.28. The molecule has 1 fully saturated rings. The molecule has 1 aromatic carbocycles. The molecule has 0 amide bonds. The Balaban J connectivity index is 1.66. The minimum absolute atomic E-state index is 0.0322. The van der Waals surface area contributed by atoms with Crippen molar-refractivity contribution in [3.05, 3.63) is 64.9 Å². The minimum Gasteiger partial charge on any atom is -0.369 e. The molecule has 1 atom stereocenters. The van der Waals surface area contributed by atoms with Crippen molar-refractivity contribution in [1.82, 2.24) is 9.88 Å². The molecular weight excluding hydrogens is 272 g/mol. The van der Waals surface area contributed by atoms with Crippen molar-refractivity contribution in [2.45, 2.75) is 12.6 Å². The van der Waals surface area contributed by atoms with Gasteiger partial charge in [-0.1, -0.05) is 41.9 Å². The molecule has 0 N–H and O–H groups in total. The summed E-state index contributed by atoms with van der Waals surface area (Å²) in [5.74, 6) is 0. The molecule has 0 unspecified atom stereocenters. The normalized spacial score (nSPS) is 19.9. The van der Waals surface area contributed by atoms with E-state index in [1.807, 2.05) is 18.2 Å². The Hall–Kier alpha value is -1.42. The second-order valence-electron chi connectivity index (χ2n) is 4.98. The minimum atomic E-state index is 0.0322. The molecule has 2 heterocycles. The molecule has 1 aliphatic heterocycles. The van der Waals surface area contributed by atoms with E-state index in [0.29, 0.717) is 5.02 Å². The fourth-order valence-corrected chi connectivity index (χ4v) is 2.56. The van der Waals surface area contributed by atoms with Crippen molar-refractivity contribution in [3.8, 4) is 0 Å². The Morgan fingerprint density at radius 2 is 2.05 bits per heavy atom. The predicted octanol–water partition coefficient (Wildman–Crippen LogP) is 3.31. The summed E-state index contributed by atoms with van der Waals surface area (Å²) in [6, 6.07) is 14.3. The molecule has 0 saturated carbocycles. The lowest BCUT2D eigenvalue weighted by Crippen LogP contribution is -2.38. The van der Waals surface area contributed by atoms with Crippen molar-refractivity contribution in [1.29, 1.82) is 0 Å². The lowest BCUT2D eigenvalue weighted by atomic mass is 10.1. The smallest absolute Gasteiger partial charge is 0.112 e. The summed E-state index contributed by atoms with van der Waals surface area (Å²) in [5, 5.41) is 0.658. The Morgan fingerprint density at radius 1 is 1.20 bits per heavy atom. The summed E-state index contributed by atoms with van der Waals surface area (Å²) in [7, 11) is 0. The second-order valence-corrected chi connectivity index (χ2v) is 5.42. The van der Waals surface area contributed by atoms with Crippen molar-refractivity contribution in [3.63, 3.8) is 0 Å². The summed E-state index contributed by atoms with van der Waals surface area (Å²) in [6.45, 7) is 3.51. The van der Waals surface area contributed by atoms with Gasteiger partial charge in [-0.25, -0.2) is 0 Å². The van der Waals surface area contributed by atoms with Crippen molar-refractivity contribution in [2.75, 3.05) is 19.7 Å². The van der Waals surface area contributed by atoms with Crippen LogP contribution in [0.5, 0.6) is 0 Å². The van der Waals surface area contributed by atoms with Crippen LogP contribution < -0.4 is 0 Å². The van der Waals surface area contributed by atoms with Gasteiger partial charge in [-0.2, -0.15) is 0 Å². The third-order valence-electron chi connectivity index (χ3n) is 3.48. The third kappa shape index (κ3) is 3.37. The maximum absolute atomic E-state index is 5.87. The highest BCUT2D eigenvalue weighted by atomic mass is 35.5. The first kappa shape index (κ1) is 13.6. The first-order chi connectivity index (χ1) is 9.81. The summed E-state index contributed by atoms with van der Waals surface area (Å²) in [4.78, 5) is 6.76. The molecule has 104 valence electrons. The van der Waals surface area contributed by atoms with Crippen LogP contribution in [0, 0.1) is 0 Å². The molecule has 2 aromatic rings. The van der Waals surface area contributed by atoms with Gasteiger partial charge in [0.05, 0.1) is 17.3 Å². The van der Waals surface area contributed by atoms with E-state index in [1.54, 1.807) is 6.20 Å². The van der Waals surface area contributed by atoms with E-state index in [9.17, 15) is 0 Å². The highest BCUT2D eigenvalue weighted by Gasteiger charge is 2.22. The van der Waals surface area contributed by atoms with Crippen LogP contribution >= 0.6 is 11.6 Å². The molecule has 1 aliphatic rings. The zero-order valence-electron chi connectivity index (χ0n) is 11.2. The number of nitrogens with zero attached hydrogens (tertiary/aromatic N) is 2. The summed E-state index contributed by atoms with van der Waals surface area (Å²) in [6.07, 6.45) is 1.71. The van der Waals surface area contributed by atoms with Crippen LogP contribution in [-0.4, -0.2) is 29.6 Å². The molecule has 4 heteroatoms. The van der Waals surface area contributed by atoms with Gasteiger partial charge in [0.25, 0.3) is 0 Å². The van der Waals surface area contributed by atoms with Crippen LogP contribution in [0.3, 0.4) is 0 Å². The molecule has 20 heavy (non-hydrogen) atoms. The Bertz CT molecular complexity index is 544. The highest BCUT2D eigenvalue weighted by molar-refractivity contribution is 6.30. The lowest BCUT2D eigenvalue weighted by Gasteiger charge is -2.32. The molecule has 0 bridgehead atoms. The van der Waals surface area contributed by atoms with Gasteiger partial charge in [-0.15, -0.1) is 0 Å². The number of rotatable bonds is 3. The number of morpholine rings is 1. The third-order valence-corrected chi connectivity index (χ3v) is 3.70. The fraction of sp³-hybridized carbons (Fsp3) is 0.312. The number of benzene rings is 1. The Kier molecular flexibility index (Phi) is 4.31. The fourth-order valence-electron chi connectivity index (χ4n) is 2.44. The Labute approximate surface area is 124 Å². The molecular formula is C16H17ClN2O. The lowest BCUT2D eigenvalue weighted by molar-refractivity contribution is -0.0349.